The molecule has 0 radical (unpaired) electrons. The minimum Gasteiger partial charge on any atom is -0.493 e. The average Bonchev–Trinajstić information content (AvgIpc) is 2.93. The van der Waals surface area contributed by atoms with Crippen molar-refractivity contribution in [2.24, 2.45) is 0 Å². The van der Waals surface area contributed by atoms with E-state index >= 15 is 0 Å². The molecule has 2 rings (SSSR count). The van der Waals surface area contributed by atoms with E-state index in [-0.39, 0.29) is 11.9 Å². The maximum absolute atomic E-state index is 12.2. The van der Waals surface area contributed by atoms with Gasteiger partial charge in [-0.1, -0.05) is 17.3 Å². The lowest BCUT2D eigenvalue weighted by Gasteiger charge is -2.13. The summed E-state index contributed by atoms with van der Waals surface area (Å²) >= 11 is 0. The number of carbonyl (C=O) groups is 1. The zero-order chi connectivity index (χ0) is 13.7. The number of benzene rings is 1. The highest BCUT2D eigenvalue weighted by Gasteiger charge is 2.17. The minimum absolute atomic E-state index is 0.235. The number of H-pyrrole nitrogens is 1. The van der Waals surface area contributed by atoms with Crippen molar-refractivity contribution < 1.29 is 9.53 Å². The lowest BCUT2D eigenvalue weighted by molar-refractivity contribution is 0.0934. The van der Waals surface area contributed by atoms with Crippen LogP contribution < -0.4 is 10.1 Å². The highest BCUT2D eigenvalue weighted by molar-refractivity contribution is 5.97. The van der Waals surface area contributed by atoms with Gasteiger partial charge in [0.25, 0.3) is 5.91 Å². The topological polar surface area (TPSA) is 92.8 Å². The molecule has 19 heavy (non-hydrogen) atoms. The summed E-state index contributed by atoms with van der Waals surface area (Å²) < 4.78 is 5.42. The molecular weight excluding hydrogens is 246 g/mol. The molecule has 2 N–H and O–H groups in total. The lowest BCUT2D eigenvalue weighted by atomic mass is 10.1. The number of aromatic nitrogens is 4. The van der Waals surface area contributed by atoms with Gasteiger partial charge in [0, 0.05) is 0 Å². The monoisotopic (exact) mass is 261 g/mol. The van der Waals surface area contributed by atoms with E-state index < -0.39 is 0 Å². The molecule has 2 aromatic rings. The first kappa shape index (κ1) is 13.0. The summed E-state index contributed by atoms with van der Waals surface area (Å²) in [6, 6.07) is 6.75. The number of aromatic amines is 1. The van der Waals surface area contributed by atoms with E-state index in [1.165, 1.54) is 0 Å². The number of hydrogen-bond donors (Lipinski definition) is 2. The second-order valence-electron chi connectivity index (χ2n) is 3.89. The van der Waals surface area contributed by atoms with E-state index in [9.17, 15) is 4.79 Å². The number of amides is 1. The molecule has 1 aromatic heterocycles. The van der Waals surface area contributed by atoms with Gasteiger partial charge in [0.15, 0.2) is 5.82 Å². The van der Waals surface area contributed by atoms with Crippen molar-refractivity contribution in [1.29, 1.82) is 0 Å². The van der Waals surface area contributed by atoms with Gasteiger partial charge in [0.1, 0.15) is 5.75 Å². The van der Waals surface area contributed by atoms with Crippen LogP contribution in [0.15, 0.2) is 24.3 Å². The summed E-state index contributed by atoms with van der Waals surface area (Å²) in [6.45, 7) is 4.16. The molecule has 0 aliphatic carbocycles. The quantitative estimate of drug-likeness (QED) is 0.840. The number of carbonyl (C=O) groups excluding carboxylic acids is 1. The Labute approximate surface area is 110 Å². The van der Waals surface area contributed by atoms with Gasteiger partial charge in [0.05, 0.1) is 18.2 Å². The maximum Gasteiger partial charge on any atom is 0.255 e. The molecule has 0 saturated heterocycles. The van der Waals surface area contributed by atoms with Crippen LogP contribution in [0.4, 0.5) is 0 Å². The maximum atomic E-state index is 12.2. The summed E-state index contributed by atoms with van der Waals surface area (Å²) in [4.78, 5) is 12.2. The lowest BCUT2D eigenvalue weighted by Crippen LogP contribution is -2.27. The Bertz CT molecular complexity index is 541. The Kier molecular flexibility index (Phi) is 4.07. The van der Waals surface area contributed by atoms with Crippen molar-refractivity contribution in [3.05, 3.63) is 35.7 Å². The number of nitrogens with zero attached hydrogens (tertiary/aromatic N) is 3. The van der Waals surface area contributed by atoms with Gasteiger partial charge in [-0.05, 0) is 26.0 Å². The first-order chi connectivity index (χ1) is 9.22. The van der Waals surface area contributed by atoms with Crippen LogP contribution in [0.1, 0.15) is 36.1 Å². The first-order valence-electron chi connectivity index (χ1n) is 5.98. The fourth-order valence-electron chi connectivity index (χ4n) is 1.63. The molecule has 0 aliphatic heterocycles. The third-order valence-corrected chi connectivity index (χ3v) is 2.53. The standard InChI is InChI=1S/C12H15N5O2/c1-3-19-10-7-5-4-6-9(10)12(18)13-8(2)11-14-16-17-15-11/h4-8H,3H2,1-2H3,(H,13,18)(H,14,15,16,17). The molecule has 1 unspecified atom stereocenters. The molecule has 100 valence electrons. The number of ether oxygens (including phenoxy) is 1. The van der Waals surface area contributed by atoms with Gasteiger partial charge in [-0.25, -0.2) is 0 Å². The summed E-state index contributed by atoms with van der Waals surface area (Å²) in [5, 5.41) is 16.3. The smallest absolute Gasteiger partial charge is 0.255 e. The molecule has 0 bridgehead atoms. The average molecular weight is 261 g/mol. The predicted octanol–water partition coefficient (Wildman–Crippen LogP) is 1.09. The largest absolute Gasteiger partial charge is 0.493 e. The van der Waals surface area contributed by atoms with Gasteiger partial charge in [-0.2, -0.15) is 5.21 Å². The second-order valence-corrected chi connectivity index (χ2v) is 3.89. The summed E-state index contributed by atoms with van der Waals surface area (Å²) in [6.07, 6.45) is 0. The van der Waals surface area contributed by atoms with Crippen molar-refractivity contribution in [2.45, 2.75) is 19.9 Å². The summed E-state index contributed by atoms with van der Waals surface area (Å²) in [5.74, 6) is 0.756. The first-order valence-corrected chi connectivity index (χ1v) is 5.98. The number of hydrogen-bond acceptors (Lipinski definition) is 5. The van der Waals surface area contributed by atoms with Crippen LogP contribution in [-0.2, 0) is 0 Å². The summed E-state index contributed by atoms with van der Waals surface area (Å²) in [7, 11) is 0. The molecule has 1 atom stereocenters. The van der Waals surface area contributed by atoms with Crippen LogP contribution in [0.5, 0.6) is 5.75 Å². The Morgan fingerprint density at radius 3 is 2.95 bits per heavy atom. The highest BCUT2D eigenvalue weighted by atomic mass is 16.5. The number of tetrazole rings is 1. The third kappa shape index (κ3) is 3.06. The number of nitrogens with one attached hydrogen (secondary N) is 2. The van der Waals surface area contributed by atoms with E-state index in [0.29, 0.717) is 23.7 Å². The van der Waals surface area contributed by atoms with E-state index in [1.807, 2.05) is 13.0 Å². The molecule has 7 nitrogen and oxygen atoms in total. The Morgan fingerprint density at radius 1 is 1.47 bits per heavy atom. The molecule has 0 saturated carbocycles. The Morgan fingerprint density at radius 2 is 2.26 bits per heavy atom. The van der Waals surface area contributed by atoms with Crippen LogP contribution in [0.2, 0.25) is 0 Å². The van der Waals surface area contributed by atoms with Crippen LogP contribution in [0.3, 0.4) is 0 Å². The van der Waals surface area contributed by atoms with Gasteiger partial charge >= 0.3 is 0 Å². The van der Waals surface area contributed by atoms with E-state index in [4.69, 9.17) is 4.74 Å². The van der Waals surface area contributed by atoms with Crippen molar-refractivity contribution in [3.8, 4) is 5.75 Å². The Hall–Kier alpha value is -2.44. The van der Waals surface area contributed by atoms with Crippen LogP contribution in [0.25, 0.3) is 0 Å². The molecule has 1 aromatic carbocycles. The van der Waals surface area contributed by atoms with Crippen LogP contribution >= 0.6 is 0 Å². The Balaban J connectivity index is 2.11. The number of para-hydroxylation sites is 1. The van der Waals surface area contributed by atoms with Gasteiger partial charge in [0.2, 0.25) is 0 Å². The zero-order valence-corrected chi connectivity index (χ0v) is 10.8. The third-order valence-electron chi connectivity index (χ3n) is 2.53. The summed E-state index contributed by atoms with van der Waals surface area (Å²) in [5.41, 5.74) is 0.486. The second kappa shape index (κ2) is 5.94. The van der Waals surface area contributed by atoms with Gasteiger partial charge in [-0.3, -0.25) is 4.79 Å². The van der Waals surface area contributed by atoms with Crippen LogP contribution in [0, 0.1) is 0 Å². The molecule has 0 aliphatic rings. The minimum atomic E-state index is -0.332. The molecule has 0 spiro atoms. The van der Waals surface area contributed by atoms with Gasteiger partial charge in [-0.15, -0.1) is 10.2 Å². The van der Waals surface area contributed by atoms with Crippen molar-refractivity contribution >= 4 is 5.91 Å². The number of rotatable bonds is 5. The van der Waals surface area contributed by atoms with Gasteiger partial charge < -0.3 is 10.1 Å². The molecule has 1 heterocycles. The van der Waals surface area contributed by atoms with Crippen molar-refractivity contribution in [2.75, 3.05) is 6.61 Å². The SMILES string of the molecule is CCOc1ccccc1C(=O)NC(C)c1nn[nH]n1. The van der Waals surface area contributed by atoms with Crippen LogP contribution in [-0.4, -0.2) is 33.1 Å². The molecule has 7 heteroatoms. The van der Waals surface area contributed by atoms with E-state index in [0.717, 1.165) is 0 Å². The molecule has 0 fully saturated rings. The highest BCUT2D eigenvalue weighted by Crippen LogP contribution is 2.18. The predicted molar refractivity (Wildman–Crippen MR) is 67.7 cm³/mol. The van der Waals surface area contributed by atoms with Crippen molar-refractivity contribution in [1.82, 2.24) is 25.9 Å². The molecular formula is C12H15N5O2. The zero-order valence-electron chi connectivity index (χ0n) is 10.8. The normalized spacial score (nSPS) is 11.9. The fourth-order valence-corrected chi connectivity index (χ4v) is 1.63. The molecule has 1 amide bonds. The van der Waals surface area contributed by atoms with E-state index in [2.05, 4.69) is 25.9 Å². The van der Waals surface area contributed by atoms with Crippen molar-refractivity contribution in [3.63, 3.8) is 0 Å². The van der Waals surface area contributed by atoms with E-state index in [1.54, 1.807) is 25.1 Å². The fraction of sp³-hybridized carbons (Fsp3) is 0.333.